The van der Waals surface area contributed by atoms with Gasteiger partial charge in [0.1, 0.15) is 22.3 Å². The van der Waals surface area contributed by atoms with Crippen LogP contribution < -0.4 is 29.8 Å². The Kier molecular flexibility index (Phi) is 21.1. The molecule has 8 nitrogen and oxygen atoms in total. The van der Waals surface area contributed by atoms with Gasteiger partial charge in [-0.2, -0.15) is 0 Å². The maximum absolute atomic E-state index is 6.87. The highest BCUT2D eigenvalue weighted by Crippen LogP contribution is 2.54. The number of hydrogen-bond donors (Lipinski definition) is 1. The van der Waals surface area contributed by atoms with Gasteiger partial charge < -0.3 is 38.7 Å². The van der Waals surface area contributed by atoms with Crippen LogP contribution in [0.1, 0.15) is 7.43 Å². The minimum Gasteiger partial charge on any atom is -0.456 e. The fraction of sp³-hybridized carbons (Fsp3) is 0.00917. The van der Waals surface area contributed by atoms with E-state index in [1.54, 1.807) is 11.3 Å². The Morgan fingerprint density at radius 1 is 0.200 bits per heavy atom. The van der Waals surface area contributed by atoms with Gasteiger partial charge in [-0.25, -0.2) is 0 Å². The van der Waals surface area contributed by atoms with Crippen LogP contribution in [0.4, 0.5) is 96.7 Å². The third kappa shape index (κ3) is 14.8. The number of halogens is 1. The van der Waals surface area contributed by atoms with Crippen LogP contribution in [0.15, 0.2) is 458 Å². The minimum atomic E-state index is 0. The molecule has 0 aliphatic carbocycles. The molecule has 0 aliphatic rings. The lowest BCUT2D eigenvalue weighted by Crippen LogP contribution is -2.13. The maximum atomic E-state index is 6.87. The van der Waals surface area contributed by atoms with Crippen molar-refractivity contribution < 1.29 is 8.83 Å². The molecule has 0 amide bonds. The third-order valence-electron chi connectivity index (χ3n) is 21.5. The summed E-state index contributed by atoms with van der Waals surface area (Å²) in [6.07, 6.45) is 0. The average Bonchev–Trinajstić information content (AvgIpc) is 1.56. The van der Waals surface area contributed by atoms with Crippen LogP contribution in [0.3, 0.4) is 0 Å². The lowest BCUT2D eigenvalue weighted by atomic mass is 10.0. The van der Waals surface area contributed by atoms with Gasteiger partial charge in [0, 0.05) is 130 Å². The molecule has 22 rings (SSSR count). The highest BCUT2D eigenvalue weighted by atomic mass is 35.5. The van der Waals surface area contributed by atoms with E-state index in [2.05, 4.69) is 394 Å². The van der Waals surface area contributed by atoms with Gasteiger partial charge >= 0.3 is 0 Å². The molecule has 1 N–H and O–H groups in total. The number of nitrogens with one attached hydrogen (secondary N) is 1. The van der Waals surface area contributed by atoms with E-state index in [0.717, 1.165) is 145 Å². The molecule has 0 atom stereocenters. The molecule has 0 unspecified atom stereocenters. The molecule has 22 aromatic rings. The number of nitrogens with zero attached hydrogens (tertiary/aromatic N) is 5. The van der Waals surface area contributed by atoms with Crippen molar-refractivity contribution in [2.75, 3.05) is 29.8 Å². The molecule has 0 aliphatic heterocycles. The first kappa shape index (κ1) is 75.2. The smallest absolute Gasteiger partial charge is 0.137 e. The van der Waals surface area contributed by atoms with Gasteiger partial charge in [0.15, 0.2) is 0 Å². The molecule has 4 aromatic heterocycles. The predicted octanol–water partition coefficient (Wildman–Crippen LogP) is 34.0. The second-order valence-electron chi connectivity index (χ2n) is 28.9. The number of anilines is 17. The van der Waals surface area contributed by atoms with E-state index < -0.39 is 0 Å². The monoisotopic (exact) mass is 1600 g/mol. The molecular formula is C109H79ClN6O2S2. The molecule has 120 heavy (non-hydrogen) atoms. The van der Waals surface area contributed by atoms with Gasteiger partial charge in [-0.3, -0.25) is 0 Å². The van der Waals surface area contributed by atoms with Crippen molar-refractivity contribution >= 4 is 215 Å². The lowest BCUT2D eigenvalue weighted by Gasteiger charge is -2.30. The van der Waals surface area contributed by atoms with Gasteiger partial charge in [0.25, 0.3) is 0 Å². The first-order chi connectivity index (χ1) is 59.0. The molecule has 0 saturated carbocycles. The summed E-state index contributed by atoms with van der Waals surface area (Å²) in [6.45, 7) is 0. The van der Waals surface area contributed by atoms with E-state index in [9.17, 15) is 0 Å². The Balaban J connectivity index is 0.000000139. The number of rotatable bonds is 17. The Morgan fingerprint density at radius 2 is 0.492 bits per heavy atom. The second-order valence-corrected chi connectivity index (χ2v) is 31.5. The first-order valence-electron chi connectivity index (χ1n) is 39.7. The molecule has 4 heterocycles. The van der Waals surface area contributed by atoms with Crippen molar-refractivity contribution in [3.05, 3.63) is 454 Å². The molecule has 11 heteroatoms. The van der Waals surface area contributed by atoms with Gasteiger partial charge in [0.2, 0.25) is 0 Å². The summed E-state index contributed by atoms with van der Waals surface area (Å²) in [5.74, 6) is 0. The summed E-state index contributed by atoms with van der Waals surface area (Å²) < 4.78 is 17.5. The standard InChI is InChI=1S/C54H37N3OS.C42H27ClN2OS.C12H11N.CH4/c1-6-19-38(20-7-1)55(39-21-8-2-9-22-39)44-36-48(56(40-23-10-3-11-24-40)41-25-12-4-13-26-41)54-46-35-43(33-34-51(46)59-52(54)37-44)57(42-27-14-5-15-28-42)47-30-18-32-50-53(47)45-29-16-17-31-49(45)58-50;43-28-25-36(44(29-13-4-1-5-14-29)30-15-6-2-7-16-30)42-34-27-32(23-24-39(34)47-40(42)26-28)45(31-17-8-3-9-18-31)35-20-12-22-38-41(35)33-19-10-11-21-37(33)46-38;1-3-7-11(8-4-1)13-12-9-5-2-6-10-12;/h1-37H;1-27H;1-10,13H;1H4. The first-order valence-corrected chi connectivity index (χ1v) is 41.7. The molecule has 18 aromatic carbocycles. The number of hydrogen-bond acceptors (Lipinski definition) is 10. The largest absolute Gasteiger partial charge is 0.456 e. The second kappa shape index (κ2) is 33.7. The Hall–Kier alpha value is -14.9. The molecule has 0 fully saturated rings. The third-order valence-corrected chi connectivity index (χ3v) is 23.9. The zero-order valence-electron chi connectivity index (χ0n) is 64.5. The van der Waals surface area contributed by atoms with E-state index in [1.165, 1.54) is 35.6 Å². The zero-order valence-corrected chi connectivity index (χ0v) is 66.9. The molecule has 0 bridgehead atoms. The lowest BCUT2D eigenvalue weighted by molar-refractivity contribution is 0.668. The average molecular weight is 1600 g/mol. The van der Waals surface area contributed by atoms with Gasteiger partial charge in [-0.15, -0.1) is 22.7 Å². The summed E-state index contributed by atoms with van der Waals surface area (Å²) in [5, 5.41) is 13.1. The quantitative estimate of drug-likeness (QED) is 0.0968. The Morgan fingerprint density at radius 3 is 0.850 bits per heavy atom. The van der Waals surface area contributed by atoms with Crippen molar-refractivity contribution in [2.24, 2.45) is 0 Å². The summed E-state index contributed by atoms with van der Waals surface area (Å²) in [4.78, 5) is 11.8. The zero-order chi connectivity index (χ0) is 79.4. The summed E-state index contributed by atoms with van der Waals surface area (Å²) in [6, 6.07) is 157. The summed E-state index contributed by atoms with van der Waals surface area (Å²) >= 11 is 10.5. The van der Waals surface area contributed by atoms with Crippen LogP contribution in [0.2, 0.25) is 5.02 Å². The highest BCUT2D eigenvalue weighted by Gasteiger charge is 2.28. The van der Waals surface area contributed by atoms with E-state index in [-0.39, 0.29) is 7.43 Å². The summed E-state index contributed by atoms with van der Waals surface area (Å²) in [7, 11) is 0. The van der Waals surface area contributed by atoms with E-state index in [1.807, 2.05) is 96.3 Å². The minimum absolute atomic E-state index is 0. The molecular weight excluding hydrogens is 1520 g/mol. The molecule has 0 saturated heterocycles. The van der Waals surface area contributed by atoms with Crippen LogP contribution in [0, 0.1) is 0 Å². The fourth-order valence-corrected chi connectivity index (χ4v) is 18.9. The van der Waals surface area contributed by atoms with Crippen LogP contribution in [0.25, 0.3) is 84.2 Å². The van der Waals surface area contributed by atoms with E-state index in [4.69, 9.17) is 20.4 Å². The van der Waals surface area contributed by atoms with E-state index in [0.29, 0.717) is 5.02 Å². The molecule has 576 valence electrons. The van der Waals surface area contributed by atoms with Crippen LogP contribution in [-0.4, -0.2) is 0 Å². The van der Waals surface area contributed by atoms with Crippen molar-refractivity contribution in [2.45, 2.75) is 7.43 Å². The Labute approximate surface area is 710 Å². The van der Waals surface area contributed by atoms with Crippen molar-refractivity contribution in [3.8, 4) is 0 Å². The van der Waals surface area contributed by atoms with Crippen molar-refractivity contribution in [1.29, 1.82) is 0 Å². The van der Waals surface area contributed by atoms with Crippen LogP contribution in [-0.2, 0) is 0 Å². The predicted molar refractivity (Wildman–Crippen MR) is 515 cm³/mol. The molecule has 0 radical (unpaired) electrons. The molecule has 0 spiro atoms. The van der Waals surface area contributed by atoms with Gasteiger partial charge in [-0.05, 0) is 218 Å². The SMILES string of the molecule is C.Clc1cc(N(c2ccccc2)c2ccccc2)c2c(c1)sc1ccc(N(c3ccccc3)c3cccc4oc5ccccc5c34)cc12.c1ccc(N(c2ccccc2)c2cc(N(c3ccccc3)c3ccccc3)c3c(c2)sc2ccc(N(c4ccccc4)c4cccc5oc6ccccc6c45)cc23)cc1.c1ccc(Nc2ccccc2)cc1. The van der Waals surface area contributed by atoms with Crippen LogP contribution >= 0.6 is 34.3 Å². The number of para-hydroxylation sites is 12. The van der Waals surface area contributed by atoms with Gasteiger partial charge in [0.05, 0.1) is 33.5 Å². The normalized spacial score (nSPS) is 11.1. The number of furan rings is 2. The Bertz CT molecular complexity index is 7130. The number of fused-ring (bicyclic) bond motifs is 12. The van der Waals surface area contributed by atoms with Gasteiger partial charge in [-0.1, -0.05) is 250 Å². The van der Waals surface area contributed by atoms with Crippen molar-refractivity contribution in [1.82, 2.24) is 0 Å². The topological polar surface area (TPSA) is 54.5 Å². The number of thiophene rings is 2. The van der Waals surface area contributed by atoms with E-state index >= 15 is 0 Å². The van der Waals surface area contributed by atoms with Crippen molar-refractivity contribution in [3.63, 3.8) is 0 Å². The number of benzene rings is 18. The maximum Gasteiger partial charge on any atom is 0.137 e. The highest BCUT2D eigenvalue weighted by molar-refractivity contribution is 7.26. The van der Waals surface area contributed by atoms with Crippen LogP contribution in [0.5, 0.6) is 0 Å². The fourth-order valence-electron chi connectivity index (χ4n) is 16.3. The summed E-state index contributed by atoms with van der Waals surface area (Å²) in [5.41, 5.74) is 21.9.